The van der Waals surface area contributed by atoms with E-state index >= 15 is 0 Å². The van der Waals surface area contributed by atoms with Gasteiger partial charge < -0.3 is 9.64 Å². The standard InChI is InChI=1S/C22H24Cl3NO4S/c1-13-8-19(9-14(2)21(13)25)30-15(3)22(27)26(18-6-7-31(28,29)12-18)11-16-4-5-17(23)10-20(16)24/h4-5,8-10,15,18H,6-7,11-12H2,1-3H3/t15-,18-/m0/s1. The lowest BCUT2D eigenvalue weighted by atomic mass is 10.1. The van der Waals surface area contributed by atoms with Crippen LogP contribution >= 0.6 is 34.8 Å². The van der Waals surface area contributed by atoms with Crippen LogP contribution in [-0.4, -0.2) is 42.9 Å². The van der Waals surface area contributed by atoms with Gasteiger partial charge in [0.15, 0.2) is 15.9 Å². The van der Waals surface area contributed by atoms with Gasteiger partial charge in [0, 0.05) is 27.7 Å². The van der Waals surface area contributed by atoms with Gasteiger partial charge in [0.05, 0.1) is 11.5 Å². The zero-order valence-corrected chi connectivity index (χ0v) is 20.6. The molecule has 1 fully saturated rings. The van der Waals surface area contributed by atoms with Gasteiger partial charge in [-0.2, -0.15) is 0 Å². The van der Waals surface area contributed by atoms with Crippen molar-refractivity contribution >= 4 is 50.5 Å². The SMILES string of the molecule is Cc1cc(O[C@@H](C)C(=O)N(Cc2ccc(Cl)cc2Cl)[C@H]2CCS(=O)(=O)C2)cc(C)c1Cl. The summed E-state index contributed by atoms with van der Waals surface area (Å²) in [5.74, 6) is 0.207. The predicted molar refractivity (Wildman–Crippen MR) is 125 cm³/mol. The monoisotopic (exact) mass is 503 g/mol. The van der Waals surface area contributed by atoms with E-state index in [1.54, 1.807) is 42.2 Å². The molecule has 5 nitrogen and oxygen atoms in total. The van der Waals surface area contributed by atoms with Crippen LogP contribution in [0.15, 0.2) is 30.3 Å². The van der Waals surface area contributed by atoms with E-state index in [0.717, 1.165) is 11.1 Å². The van der Waals surface area contributed by atoms with Crippen LogP contribution in [0.1, 0.15) is 30.0 Å². The summed E-state index contributed by atoms with van der Waals surface area (Å²) in [6.07, 6.45) is -0.445. The number of hydrogen-bond acceptors (Lipinski definition) is 4. The van der Waals surface area contributed by atoms with Crippen LogP contribution in [0.2, 0.25) is 15.1 Å². The van der Waals surface area contributed by atoms with Crippen molar-refractivity contribution in [3.8, 4) is 5.75 Å². The summed E-state index contributed by atoms with van der Waals surface area (Å²) in [4.78, 5) is 14.9. The Balaban J connectivity index is 1.86. The molecule has 0 aliphatic carbocycles. The number of halogens is 3. The number of carbonyl (C=O) groups is 1. The average Bonchev–Trinajstić information content (AvgIpc) is 3.04. The van der Waals surface area contributed by atoms with Crippen LogP contribution in [0.4, 0.5) is 0 Å². The van der Waals surface area contributed by atoms with Gasteiger partial charge in [-0.05, 0) is 68.1 Å². The third kappa shape index (κ3) is 5.86. The fourth-order valence-corrected chi connectivity index (χ4v) is 6.01. The first-order valence-electron chi connectivity index (χ1n) is 9.85. The van der Waals surface area contributed by atoms with Crippen molar-refractivity contribution < 1.29 is 17.9 Å². The predicted octanol–water partition coefficient (Wildman–Crippen LogP) is 5.25. The molecule has 1 saturated heterocycles. The molecule has 0 saturated carbocycles. The lowest BCUT2D eigenvalue weighted by Gasteiger charge is -2.31. The van der Waals surface area contributed by atoms with Crippen molar-refractivity contribution in [2.45, 2.75) is 45.9 Å². The van der Waals surface area contributed by atoms with E-state index in [4.69, 9.17) is 39.5 Å². The molecule has 3 rings (SSSR count). The van der Waals surface area contributed by atoms with Gasteiger partial charge in [-0.15, -0.1) is 0 Å². The maximum absolute atomic E-state index is 13.4. The second kappa shape index (κ2) is 9.57. The Morgan fingerprint density at radius 2 is 1.81 bits per heavy atom. The Morgan fingerprint density at radius 1 is 1.16 bits per heavy atom. The largest absolute Gasteiger partial charge is 0.481 e. The number of benzene rings is 2. The molecule has 0 aromatic heterocycles. The minimum absolute atomic E-state index is 0.0562. The highest BCUT2D eigenvalue weighted by atomic mass is 35.5. The Kier molecular flexibility index (Phi) is 7.47. The van der Waals surface area contributed by atoms with E-state index in [0.29, 0.717) is 32.8 Å². The number of ether oxygens (including phenoxy) is 1. The normalized spacial score (nSPS) is 18.6. The quantitative estimate of drug-likeness (QED) is 0.539. The molecule has 168 valence electrons. The number of rotatable bonds is 6. The minimum Gasteiger partial charge on any atom is -0.481 e. The van der Waals surface area contributed by atoms with Gasteiger partial charge in [0.1, 0.15) is 5.75 Å². The molecule has 1 aliphatic rings. The van der Waals surface area contributed by atoms with E-state index in [-0.39, 0.29) is 24.0 Å². The van der Waals surface area contributed by atoms with Crippen molar-refractivity contribution in [2.24, 2.45) is 0 Å². The number of amides is 1. The highest BCUT2D eigenvalue weighted by molar-refractivity contribution is 7.91. The number of sulfone groups is 1. The third-order valence-corrected chi connectivity index (χ3v) is 8.29. The second-order valence-electron chi connectivity index (χ2n) is 7.89. The molecular formula is C22H24Cl3NO4S. The number of nitrogens with zero attached hydrogens (tertiary/aromatic N) is 1. The van der Waals surface area contributed by atoms with Crippen LogP contribution in [0.5, 0.6) is 5.75 Å². The van der Waals surface area contributed by atoms with Gasteiger partial charge in [0.25, 0.3) is 5.91 Å². The molecule has 9 heteroatoms. The summed E-state index contributed by atoms with van der Waals surface area (Å²) in [6, 6.07) is 8.15. The van der Waals surface area contributed by atoms with Crippen LogP contribution in [0.25, 0.3) is 0 Å². The molecule has 0 unspecified atom stereocenters. The maximum Gasteiger partial charge on any atom is 0.263 e. The van der Waals surface area contributed by atoms with Gasteiger partial charge in [0.2, 0.25) is 0 Å². The average molecular weight is 505 g/mol. The van der Waals surface area contributed by atoms with Gasteiger partial charge in [-0.25, -0.2) is 8.42 Å². The first kappa shape index (κ1) is 24.2. The zero-order chi connectivity index (χ0) is 22.9. The molecule has 1 heterocycles. The van der Waals surface area contributed by atoms with Crippen molar-refractivity contribution in [3.63, 3.8) is 0 Å². The molecule has 0 radical (unpaired) electrons. The highest BCUT2D eigenvalue weighted by Gasteiger charge is 2.37. The van der Waals surface area contributed by atoms with Crippen LogP contribution in [-0.2, 0) is 21.2 Å². The van der Waals surface area contributed by atoms with E-state index in [9.17, 15) is 13.2 Å². The molecule has 2 aromatic carbocycles. The van der Waals surface area contributed by atoms with E-state index in [2.05, 4.69) is 0 Å². The van der Waals surface area contributed by atoms with Crippen molar-refractivity contribution in [1.82, 2.24) is 4.90 Å². The lowest BCUT2D eigenvalue weighted by molar-refractivity contribution is -0.140. The van der Waals surface area contributed by atoms with Crippen LogP contribution in [0, 0.1) is 13.8 Å². The van der Waals surface area contributed by atoms with Gasteiger partial charge in [-0.3, -0.25) is 4.79 Å². The summed E-state index contributed by atoms with van der Waals surface area (Å²) in [5, 5.41) is 1.56. The summed E-state index contributed by atoms with van der Waals surface area (Å²) in [6.45, 7) is 5.56. The Morgan fingerprint density at radius 3 is 2.35 bits per heavy atom. The first-order chi connectivity index (χ1) is 14.5. The summed E-state index contributed by atoms with van der Waals surface area (Å²) >= 11 is 18.5. The van der Waals surface area contributed by atoms with Crippen molar-refractivity contribution in [1.29, 1.82) is 0 Å². The molecule has 2 atom stereocenters. The Hall–Kier alpha value is -1.47. The minimum atomic E-state index is -3.19. The lowest BCUT2D eigenvalue weighted by Crippen LogP contribution is -2.46. The maximum atomic E-state index is 13.4. The second-order valence-corrected chi connectivity index (χ2v) is 11.3. The third-order valence-electron chi connectivity index (χ3n) is 5.36. The zero-order valence-electron chi connectivity index (χ0n) is 17.5. The summed E-state index contributed by atoms with van der Waals surface area (Å²) < 4.78 is 30.1. The van der Waals surface area contributed by atoms with Crippen molar-refractivity contribution in [3.05, 3.63) is 62.1 Å². The Bertz CT molecular complexity index is 1080. The fraction of sp³-hybridized carbons (Fsp3) is 0.409. The number of carbonyl (C=O) groups excluding carboxylic acids is 1. The number of aryl methyl sites for hydroxylation is 2. The Labute approximate surface area is 198 Å². The molecular weight excluding hydrogens is 481 g/mol. The summed E-state index contributed by atoms with van der Waals surface area (Å²) in [5.41, 5.74) is 2.39. The van der Waals surface area contributed by atoms with E-state index in [1.807, 2.05) is 13.8 Å². The van der Waals surface area contributed by atoms with Crippen LogP contribution < -0.4 is 4.74 Å². The smallest absolute Gasteiger partial charge is 0.263 e. The van der Waals surface area contributed by atoms with Crippen LogP contribution in [0.3, 0.4) is 0 Å². The molecule has 1 amide bonds. The molecule has 0 N–H and O–H groups in total. The number of hydrogen-bond donors (Lipinski definition) is 0. The van der Waals surface area contributed by atoms with E-state index < -0.39 is 22.0 Å². The van der Waals surface area contributed by atoms with Crippen molar-refractivity contribution in [2.75, 3.05) is 11.5 Å². The highest BCUT2D eigenvalue weighted by Crippen LogP contribution is 2.29. The summed E-state index contributed by atoms with van der Waals surface area (Å²) in [7, 11) is -3.19. The fourth-order valence-electron chi connectivity index (χ4n) is 3.70. The van der Waals surface area contributed by atoms with Gasteiger partial charge >= 0.3 is 0 Å². The molecule has 0 spiro atoms. The first-order valence-corrected chi connectivity index (χ1v) is 12.8. The molecule has 1 aliphatic heterocycles. The molecule has 2 aromatic rings. The van der Waals surface area contributed by atoms with Gasteiger partial charge in [-0.1, -0.05) is 40.9 Å². The van der Waals surface area contributed by atoms with E-state index in [1.165, 1.54) is 0 Å². The molecule has 0 bridgehead atoms. The topological polar surface area (TPSA) is 63.7 Å². The molecule has 31 heavy (non-hydrogen) atoms.